The Labute approximate surface area is 124 Å². The SMILES string of the molecule is COc1cccc(C(O)(c2cccc(Cl)c2)C(F)(F)F)c1. The summed E-state index contributed by atoms with van der Waals surface area (Å²) in [5.74, 6) is 0.220. The molecule has 0 spiro atoms. The predicted molar refractivity (Wildman–Crippen MR) is 73.5 cm³/mol. The molecule has 0 saturated heterocycles. The summed E-state index contributed by atoms with van der Waals surface area (Å²) in [6.07, 6.45) is -4.91. The van der Waals surface area contributed by atoms with Gasteiger partial charge in [-0.25, -0.2) is 0 Å². The summed E-state index contributed by atoms with van der Waals surface area (Å²) in [5.41, 5.74) is -3.85. The second-order valence-electron chi connectivity index (χ2n) is 4.45. The molecule has 1 N–H and O–H groups in total. The Bertz CT molecular complexity index is 643. The fourth-order valence-corrected chi connectivity index (χ4v) is 2.25. The molecule has 6 heteroatoms. The number of hydrogen-bond donors (Lipinski definition) is 1. The highest BCUT2D eigenvalue weighted by molar-refractivity contribution is 6.30. The Morgan fingerprint density at radius 1 is 1.00 bits per heavy atom. The van der Waals surface area contributed by atoms with Crippen molar-refractivity contribution < 1.29 is 23.0 Å². The van der Waals surface area contributed by atoms with Gasteiger partial charge in [-0.2, -0.15) is 13.2 Å². The van der Waals surface area contributed by atoms with Crippen molar-refractivity contribution >= 4 is 11.6 Å². The van der Waals surface area contributed by atoms with Gasteiger partial charge in [-0.1, -0.05) is 35.9 Å². The van der Waals surface area contributed by atoms with E-state index in [-0.39, 0.29) is 21.9 Å². The van der Waals surface area contributed by atoms with Crippen molar-refractivity contribution in [3.8, 4) is 5.75 Å². The maximum Gasteiger partial charge on any atom is 0.425 e. The molecule has 0 aliphatic heterocycles. The number of methoxy groups -OCH3 is 1. The van der Waals surface area contributed by atoms with E-state index in [4.69, 9.17) is 16.3 Å². The van der Waals surface area contributed by atoms with E-state index >= 15 is 0 Å². The van der Waals surface area contributed by atoms with Gasteiger partial charge in [-0.05, 0) is 29.8 Å². The third-order valence-electron chi connectivity index (χ3n) is 3.14. The number of rotatable bonds is 3. The highest BCUT2D eigenvalue weighted by Crippen LogP contribution is 2.45. The first-order valence-corrected chi connectivity index (χ1v) is 6.36. The van der Waals surface area contributed by atoms with Gasteiger partial charge in [0.05, 0.1) is 7.11 Å². The summed E-state index contributed by atoms with van der Waals surface area (Å²) in [5, 5.41) is 10.5. The standard InChI is InChI=1S/C15H12ClF3O2/c1-21-13-7-3-5-11(9-13)14(20,15(17,18)19)10-4-2-6-12(16)8-10/h2-9,20H,1H3. The normalized spacial score (nSPS) is 14.6. The van der Waals surface area contributed by atoms with Crippen molar-refractivity contribution in [2.45, 2.75) is 11.8 Å². The molecule has 0 aliphatic rings. The monoisotopic (exact) mass is 316 g/mol. The van der Waals surface area contributed by atoms with E-state index in [0.29, 0.717) is 0 Å². The summed E-state index contributed by atoms with van der Waals surface area (Å²) in [6, 6.07) is 10.3. The topological polar surface area (TPSA) is 29.5 Å². The van der Waals surface area contributed by atoms with Gasteiger partial charge in [0.25, 0.3) is 0 Å². The van der Waals surface area contributed by atoms with Crippen molar-refractivity contribution in [2.24, 2.45) is 0 Å². The highest BCUT2D eigenvalue weighted by atomic mass is 35.5. The average molecular weight is 317 g/mol. The van der Waals surface area contributed by atoms with Gasteiger partial charge in [0.2, 0.25) is 5.60 Å². The van der Waals surface area contributed by atoms with Gasteiger partial charge < -0.3 is 9.84 Å². The van der Waals surface area contributed by atoms with Crippen LogP contribution in [0.1, 0.15) is 11.1 Å². The first-order valence-electron chi connectivity index (χ1n) is 5.98. The molecule has 112 valence electrons. The third-order valence-corrected chi connectivity index (χ3v) is 3.38. The Balaban J connectivity index is 2.68. The predicted octanol–water partition coefficient (Wildman–Crippen LogP) is 4.15. The quantitative estimate of drug-likeness (QED) is 0.922. The van der Waals surface area contributed by atoms with Crippen LogP contribution in [0, 0.1) is 0 Å². The molecule has 2 nitrogen and oxygen atoms in total. The molecule has 0 aromatic heterocycles. The van der Waals surface area contributed by atoms with Crippen LogP contribution in [0.15, 0.2) is 48.5 Å². The van der Waals surface area contributed by atoms with Crippen LogP contribution in [-0.4, -0.2) is 18.4 Å². The molecule has 1 atom stereocenters. The number of benzene rings is 2. The first kappa shape index (κ1) is 15.7. The fraction of sp³-hybridized carbons (Fsp3) is 0.200. The van der Waals surface area contributed by atoms with Crippen LogP contribution in [0.25, 0.3) is 0 Å². The minimum Gasteiger partial charge on any atom is -0.497 e. The molecular weight excluding hydrogens is 305 g/mol. The molecular formula is C15H12ClF3O2. The number of ether oxygens (including phenoxy) is 1. The Kier molecular flexibility index (Phi) is 4.16. The van der Waals surface area contributed by atoms with Crippen LogP contribution in [0.5, 0.6) is 5.75 Å². The Morgan fingerprint density at radius 2 is 1.57 bits per heavy atom. The zero-order valence-electron chi connectivity index (χ0n) is 11.0. The van der Waals surface area contributed by atoms with Crippen LogP contribution < -0.4 is 4.74 Å². The zero-order valence-corrected chi connectivity index (χ0v) is 11.7. The van der Waals surface area contributed by atoms with E-state index in [1.54, 1.807) is 0 Å². The van der Waals surface area contributed by atoms with Crippen molar-refractivity contribution in [1.29, 1.82) is 0 Å². The van der Waals surface area contributed by atoms with E-state index in [0.717, 1.165) is 12.1 Å². The smallest absolute Gasteiger partial charge is 0.425 e. The van der Waals surface area contributed by atoms with Crippen LogP contribution in [-0.2, 0) is 5.60 Å². The number of aliphatic hydroxyl groups is 1. The van der Waals surface area contributed by atoms with Gasteiger partial charge in [-0.15, -0.1) is 0 Å². The maximum absolute atomic E-state index is 13.5. The molecule has 2 aromatic carbocycles. The van der Waals surface area contributed by atoms with Crippen LogP contribution in [0.4, 0.5) is 13.2 Å². The lowest BCUT2D eigenvalue weighted by Crippen LogP contribution is -2.43. The molecule has 21 heavy (non-hydrogen) atoms. The lowest BCUT2D eigenvalue weighted by Gasteiger charge is -2.31. The molecule has 0 amide bonds. The molecule has 0 radical (unpaired) electrons. The van der Waals surface area contributed by atoms with Gasteiger partial charge in [-0.3, -0.25) is 0 Å². The second kappa shape index (κ2) is 5.58. The third kappa shape index (κ3) is 2.84. The van der Waals surface area contributed by atoms with E-state index in [9.17, 15) is 18.3 Å². The van der Waals surface area contributed by atoms with Gasteiger partial charge in [0, 0.05) is 10.6 Å². The van der Waals surface area contributed by atoms with Crippen molar-refractivity contribution in [1.82, 2.24) is 0 Å². The van der Waals surface area contributed by atoms with Crippen LogP contribution >= 0.6 is 11.6 Å². The minimum absolute atomic E-state index is 0.109. The molecule has 0 saturated carbocycles. The zero-order chi connectivity index (χ0) is 15.7. The fourth-order valence-electron chi connectivity index (χ4n) is 2.06. The van der Waals surface area contributed by atoms with Crippen LogP contribution in [0.3, 0.4) is 0 Å². The lowest BCUT2D eigenvalue weighted by atomic mass is 9.85. The van der Waals surface area contributed by atoms with Gasteiger partial charge >= 0.3 is 6.18 Å². The summed E-state index contributed by atoms with van der Waals surface area (Å²) < 4.78 is 45.4. The summed E-state index contributed by atoms with van der Waals surface area (Å²) in [7, 11) is 1.34. The summed E-state index contributed by atoms with van der Waals surface area (Å²) in [6.45, 7) is 0. The molecule has 0 bridgehead atoms. The summed E-state index contributed by atoms with van der Waals surface area (Å²) in [4.78, 5) is 0. The molecule has 2 rings (SSSR count). The van der Waals surface area contributed by atoms with E-state index in [2.05, 4.69) is 0 Å². The Hall–Kier alpha value is -1.72. The molecule has 1 unspecified atom stereocenters. The average Bonchev–Trinajstić information content (AvgIpc) is 2.45. The Morgan fingerprint density at radius 3 is 2.10 bits per heavy atom. The van der Waals surface area contributed by atoms with Gasteiger partial charge in [0.15, 0.2) is 0 Å². The minimum atomic E-state index is -4.91. The molecule has 0 fully saturated rings. The number of hydrogen-bond acceptors (Lipinski definition) is 2. The van der Waals surface area contributed by atoms with Gasteiger partial charge in [0.1, 0.15) is 5.75 Å². The highest BCUT2D eigenvalue weighted by Gasteiger charge is 2.56. The second-order valence-corrected chi connectivity index (χ2v) is 4.89. The van der Waals surface area contributed by atoms with Crippen molar-refractivity contribution in [3.05, 3.63) is 64.7 Å². The lowest BCUT2D eigenvalue weighted by molar-refractivity contribution is -0.248. The van der Waals surface area contributed by atoms with Crippen molar-refractivity contribution in [3.63, 3.8) is 0 Å². The van der Waals surface area contributed by atoms with Crippen LogP contribution in [0.2, 0.25) is 5.02 Å². The number of halogens is 4. The van der Waals surface area contributed by atoms with E-state index < -0.39 is 11.8 Å². The van der Waals surface area contributed by atoms with Crippen molar-refractivity contribution in [2.75, 3.05) is 7.11 Å². The molecule has 0 heterocycles. The van der Waals surface area contributed by atoms with E-state index in [1.165, 1.54) is 43.5 Å². The number of alkyl halides is 3. The molecule has 2 aromatic rings. The van der Waals surface area contributed by atoms with E-state index in [1.807, 2.05) is 0 Å². The molecule has 0 aliphatic carbocycles. The first-order chi connectivity index (χ1) is 9.79. The maximum atomic E-state index is 13.5. The largest absolute Gasteiger partial charge is 0.497 e. The summed E-state index contributed by atoms with van der Waals surface area (Å²) >= 11 is 5.74.